The predicted octanol–water partition coefficient (Wildman–Crippen LogP) is 1.81. The molecule has 0 aliphatic rings. The third-order valence-electron chi connectivity index (χ3n) is 2.12. The van der Waals surface area contributed by atoms with Crippen LogP contribution in [0, 0.1) is 0 Å². The molecule has 4 nitrogen and oxygen atoms in total. The average Bonchev–Trinajstić information content (AvgIpc) is 2.53. The third kappa shape index (κ3) is 3.76. The lowest BCUT2D eigenvalue weighted by atomic mass is 10.2. The molecule has 0 aliphatic carbocycles. The SMILES string of the molecule is COCCn1ncc(Br)c1CCC(C)=O. The van der Waals surface area contributed by atoms with Crippen LogP contribution in [-0.2, 0) is 22.5 Å². The molecule has 1 heterocycles. The number of carbonyl (C=O) groups is 1. The summed E-state index contributed by atoms with van der Waals surface area (Å²) in [5, 5.41) is 4.21. The summed E-state index contributed by atoms with van der Waals surface area (Å²) in [6.45, 7) is 2.94. The van der Waals surface area contributed by atoms with Crippen LogP contribution in [-0.4, -0.2) is 29.3 Å². The molecule has 0 saturated heterocycles. The maximum atomic E-state index is 10.9. The van der Waals surface area contributed by atoms with Gasteiger partial charge in [-0.05, 0) is 29.3 Å². The topological polar surface area (TPSA) is 44.1 Å². The van der Waals surface area contributed by atoms with Gasteiger partial charge >= 0.3 is 0 Å². The fourth-order valence-electron chi connectivity index (χ4n) is 1.30. The van der Waals surface area contributed by atoms with Crippen molar-refractivity contribution in [2.75, 3.05) is 13.7 Å². The second-order valence-electron chi connectivity index (χ2n) is 3.36. The van der Waals surface area contributed by atoms with Gasteiger partial charge in [0, 0.05) is 13.5 Å². The van der Waals surface area contributed by atoms with E-state index in [0.717, 1.165) is 23.1 Å². The van der Waals surface area contributed by atoms with Crippen LogP contribution in [0.25, 0.3) is 0 Å². The highest BCUT2D eigenvalue weighted by molar-refractivity contribution is 9.10. The van der Waals surface area contributed by atoms with Crippen molar-refractivity contribution in [2.24, 2.45) is 0 Å². The summed E-state index contributed by atoms with van der Waals surface area (Å²) in [7, 11) is 1.66. The molecule has 0 N–H and O–H groups in total. The molecule has 0 atom stereocenters. The normalized spacial score (nSPS) is 10.6. The lowest BCUT2D eigenvalue weighted by molar-refractivity contribution is -0.117. The molecule has 0 saturated carbocycles. The summed E-state index contributed by atoms with van der Waals surface area (Å²) in [4.78, 5) is 10.9. The van der Waals surface area contributed by atoms with E-state index in [9.17, 15) is 4.79 Å². The van der Waals surface area contributed by atoms with Crippen molar-refractivity contribution < 1.29 is 9.53 Å². The predicted molar refractivity (Wildman–Crippen MR) is 60.8 cm³/mol. The van der Waals surface area contributed by atoms with Gasteiger partial charge in [0.1, 0.15) is 5.78 Å². The molecule has 5 heteroatoms. The summed E-state index contributed by atoms with van der Waals surface area (Å²) >= 11 is 3.42. The monoisotopic (exact) mass is 274 g/mol. The van der Waals surface area contributed by atoms with Gasteiger partial charge in [0.15, 0.2) is 0 Å². The van der Waals surface area contributed by atoms with Crippen molar-refractivity contribution in [1.82, 2.24) is 9.78 Å². The van der Waals surface area contributed by atoms with Crippen molar-refractivity contribution in [2.45, 2.75) is 26.3 Å². The summed E-state index contributed by atoms with van der Waals surface area (Å²) in [6.07, 6.45) is 3.03. The highest BCUT2D eigenvalue weighted by Gasteiger charge is 2.09. The first-order valence-corrected chi connectivity index (χ1v) is 5.63. The number of rotatable bonds is 6. The van der Waals surface area contributed by atoms with Crippen LogP contribution in [0.1, 0.15) is 19.0 Å². The molecule has 0 fully saturated rings. The smallest absolute Gasteiger partial charge is 0.130 e. The van der Waals surface area contributed by atoms with Crippen molar-refractivity contribution in [3.63, 3.8) is 0 Å². The second-order valence-corrected chi connectivity index (χ2v) is 4.21. The first-order chi connectivity index (χ1) is 7.15. The minimum atomic E-state index is 0.196. The van der Waals surface area contributed by atoms with Gasteiger partial charge in [-0.1, -0.05) is 0 Å². The molecule has 15 heavy (non-hydrogen) atoms. The quantitative estimate of drug-likeness (QED) is 0.795. The van der Waals surface area contributed by atoms with E-state index in [1.807, 2.05) is 4.68 Å². The Morgan fingerprint density at radius 3 is 3.00 bits per heavy atom. The number of hydrogen-bond acceptors (Lipinski definition) is 3. The first kappa shape index (κ1) is 12.4. The van der Waals surface area contributed by atoms with Crippen LogP contribution in [0.2, 0.25) is 0 Å². The number of Topliss-reactive ketones (excluding diaryl/α,β-unsaturated/α-hetero) is 1. The van der Waals surface area contributed by atoms with Crippen LogP contribution in [0.15, 0.2) is 10.7 Å². The lowest BCUT2D eigenvalue weighted by Gasteiger charge is -2.06. The molecular formula is C10H15BrN2O2. The van der Waals surface area contributed by atoms with Gasteiger partial charge in [0.2, 0.25) is 0 Å². The van der Waals surface area contributed by atoms with Crippen LogP contribution in [0.3, 0.4) is 0 Å². The fraction of sp³-hybridized carbons (Fsp3) is 0.600. The van der Waals surface area contributed by atoms with Gasteiger partial charge in [-0.25, -0.2) is 0 Å². The minimum absolute atomic E-state index is 0.196. The van der Waals surface area contributed by atoms with Crippen LogP contribution >= 0.6 is 15.9 Å². The number of carbonyl (C=O) groups excluding carboxylic acids is 1. The summed E-state index contributed by atoms with van der Waals surface area (Å²) in [5.41, 5.74) is 1.06. The molecule has 0 amide bonds. The van der Waals surface area contributed by atoms with Gasteiger partial charge in [0.05, 0.1) is 29.5 Å². The number of nitrogens with zero attached hydrogens (tertiary/aromatic N) is 2. The molecular weight excluding hydrogens is 260 g/mol. The zero-order valence-corrected chi connectivity index (χ0v) is 10.6. The Kier molecular flexibility index (Phi) is 4.98. The molecule has 1 rings (SSSR count). The summed E-state index contributed by atoms with van der Waals surface area (Å²) < 4.78 is 7.82. The number of ketones is 1. The Balaban J connectivity index is 2.66. The van der Waals surface area contributed by atoms with E-state index >= 15 is 0 Å². The summed E-state index contributed by atoms with van der Waals surface area (Å²) in [5.74, 6) is 0.196. The van der Waals surface area contributed by atoms with E-state index in [2.05, 4.69) is 21.0 Å². The van der Waals surface area contributed by atoms with E-state index in [4.69, 9.17) is 4.74 Å². The Bertz CT molecular complexity index is 336. The number of halogens is 1. The standard InChI is InChI=1S/C10H15BrN2O2/c1-8(14)3-4-10-9(11)7-12-13(10)5-6-15-2/h7H,3-6H2,1-2H3. The number of ether oxygens (including phenoxy) is 1. The molecule has 1 aromatic rings. The highest BCUT2D eigenvalue weighted by Crippen LogP contribution is 2.17. The fourth-order valence-corrected chi connectivity index (χ4v) is 1.80. The molecule has 84 valence electrons. The number of aromatic nitrogens is 2. The zero-order chi connectivity index (χ0) is 11.3. The lowest BCUT2D eigenvalue weighted by Crippen LogP contribution is -2.10. The van der Waals surface area contributed by atoms with Crippen LogP contribution in [0.4, 0.5) is 0 Å². The second kappa shape index (κ2) is 6.02. The third-order valence-corrected chi connectivity index (χ3v) is 2.78. The van der Waals surface area contributed by atoms with Crippen molar-refractivity contribution in [1.29, 1.82) is 0 Å². The van der Waals surface area contributed by atoms with Crippen molar-refractivity contribution in [3.05, 3.63) is 16.4 Å². The van der Waals surface area contributed by atoms with Gasteiger partial charge in [-0.15, -0.1) is 0 Å². The Labute approximate surface area is 97.7 Å². The average molecular weight is 275 g/mol. The Hall–Kier alpha value is -0.680. The Morgan fingerprint density at radius 1 is 1.67 bits per heavy atom. The van der Waals surface area contributed by atoms with Gasteiger partial charge < -0.3 is 9.53 Å². The van der Waals surface area contributed by atoms with Gasteiger partial charge in [-0.2, -0.15) is 5.10 Å². The molecule has 0 aromatic carbocycles. The molecule has 0 unspecified atom stereocenters. The van der Waals surface area contributed by atoms with Crippen molar-refractivity contribution >= 4 is 21.7 Å². The zero-order valence-electron chi connectivity index (χ0n) is 8.99. The molecule has 0 radical (unpaired) electrons. The molecule has 1 aromatic heterocycles. The van der Waals surface area contributed by atoms with E-state index in [1.54, 1.807) is 20.2 Å². The number of hydrogen-bond donors (Lipinski definition) is 0. The van der Waals surface area contributed by atoms with Gasteiger partial charge in [0.25, 0.3) is 0 Å². The maximum Gasteiger partial charge on any atom is 0.130 e. The van der Waals surface area contributed by atoms with E-state index < -0.39 is 0 Å². The van der Waals surface area contributed by atoms with Crippen LogP contribution < -0.4 is 0 Å². The largest absolute Gasteiger partial charge is 0.383 e. The first-order valence-electron chi connectivity index (χ1n) is 4.83. The highest BCUT2D eigenvalue weighted by atomic mass is 79.9. The molecule has 0 aliphatic heterocycles. The van der Waals surface area contributed by atoms with E-state index in [1.165, 1.54) is 0 Å². The molecule has 0 bridgehead atoms. The van der Waals surface area contributed by atoms with Crippen molar-refractivity contribution in [3.8, 4) is 0 Å². The van der Waals surface area contributed by atoms with Gasteiger partial charge in [-0.3, -0.25) is 4.68 Å². The van der Waals surface area contributed by atoms with Crippen LogP contribution in [0.5, 0.6) is 0 Å². The maximum absolute atomic E-state index is 10.9. The van der Waals surface area contributed by atoms with E-state index in [-0.39, 0.29) is 5.78 Å². The van der Waals surface area contributed by atoms with E-state index in [0.29, 0.717) is 13.0 Å². The number of methoxy groups -OCH3 is 1. The Morgan fingerprint density at radius 2 is 2.40 bits per heavy atom. The summed E-state index contributed by atoms with van der Waals surface area (Å²) in [6, 6.07) is 0. The minimum Gasteiger partial charge on any atom is -0.383 e. The molecule has 0 spiro atoms.